The molecule has 0 aliphatic carbocycles. The van der Waals surface area contributed by atoms with Crippen molar-refractivity contribution in [3.05, 3.63) is 162 Å². The second kappa shape index (κ2) is 20.0. The third-order valence-electron chi connectivity index (χ3n) is 10.6. The van der Waals surface area contributed by atoms with E-state index in [-0.39, 0.29) is 17.7 Å². The number of H-pyrrole nitrogens is 1. The Labute approximate surface area is 344 Å². The molecule has 12 nitrogen and oxygen atoms in total. The number of imidazole rings is 1. The zero-order chi connectivity index (χ0) is 40.8. The van der Waals surface area contributed by atoms with Gasteiger partial charge in [-0.05, 0) is 98.2 Å². The van der Waals surface area contributed by atoms with E-state index in [2.05, 4.69) is 30.6 Å². The number of rotatable bonds is 14. The average Bonchev–Trinajstić information content (AvgIpc) is 3.94. The standard InChI is InChI=1S/C24H29N5O2.C23H21N3O2/c1-18-5-6-20(16-27-18)24(31)28-13-9-19(10-14-28)4-2-3-11-26-23(30)21-7-8-22-25-12-15-29(22)17-21;27-23(22-14-19-15-24-12-11-21(19)26-22)25-13-10-17-6-8-20(9-7-17)28-16-18-4-2-1-3-5-18/h5-8,12,15-17,19H,2-4,9-11,13-14H2,1H3,(H,26,30);1-9,11-12,14-15,26H,10,13,16H2,(H,25,27). The first-order valence-corrected chi connectivity index (χ1v) is 20.3. The molecule has 6 heterocycles. The molecule has 0 spiro atoms. The third kappa shape index (κ3) is 11.4. The molecule has 12 heteroatoms. The van der Waals surface area contributed by atoms with Crippen LogP contribution in [0.4, 0.5) is 0 Å². The summed E-state index contributed by atoms with van der Waals surface area (Å²) >= 11 is 0. The molecule has 1 saturated heterocycles. The highest BCUT2D eigenvalue weighted by Gasteiger charge is 2.23. The van der Waals surface area contributed by atoms with Gasteiger partial charge in [0, 0.05) is 80.0 Å². The number of likely N-dealkylation sites (tertiary alicyclic amines) is 1. The maximum atomic E-state index is 12.6. The van der Waals surface area contributed by atoms with Crippen LogP contribution in [0.3, 0.4) is 0 Å². The number of fused-ring (bicyclic) bond motifs is 2. The Hall–Kier alpha value is -6.82. The summed E-state index contributed by atoms with van der Waals surface area (Å²) in [6, 6.07) is 29.1. The normalized spacial score (nSPS) is 12.8. The lowest BCUT2D eigenvalue weighted by Crippen LogP contribution is -2.38. The molecule has 0 unspecified atom stereocenters. The topological polar surface area (TPSA) is 147 Å². The number of benzene rings is 2. The number of aryl methyl sites for hydroxylation is 1. The van der Waals surface area contributed by atoms with Crippen molar-refractivity contribution >= 4 is 34.3 Å². The quantitative estimate of drug-likeness (QED) is 0.0962. The van der Waals surface area contributed by atoms with Gasteiger partial charge in [-0.25, -0.2) is 4.98 Å². The molecule has 7 aromatic rings. The summed E-state index contributed by atoms with van der Waals surface area (Å²) < 4.78 is 7.65. The van der Waals surface area contributed by atoms with Gasteiger partial charge < -0.3 is 29.7 Å². The Morgan fingerprint density at radius 3 is 2.37 bits per heavy atom. The summed E-state index contributed by atoms with van der Waals surface area (Å²) in [5, 5.41) is 6.88. The van der Waals surface area contributed by atoms with E-state index in [4.69, 9.17) is 4.74 Å². The van der Waals surface area contributed by atoms with Gasteiger partial charge in [0.15, 0.2) is 0 Å². The fraction of sp³-hybridized carbons (Fsp3) is 0.277. The van der Waals surface area contributed by atoms with Crippen molar-refractivity contribution in [1.82, 2.24) is 39.9 Å². The lowest BCUT2D eigenvalue weighted by atomic mass is 9.91. The number of piperidine rings is 1. The van der Waals surface area contributed by atoms with Crippen molar-refractivity contribution in [3.8, 4) is 5.75 Å². The molecule has 1 aliphatic rings. The minimum Gasteiger partial charge on any atom is -0.489 e. The number of aromatic nitrogens is 5. The molecule has 8 rings (SSSR count). The maximum absolute atomic E-state index is 12.6. The molecular formula is C47H50N8O4. The molecule has 302 valence electrons. The lowest BCUT2D eigenvalue weighted by molar-refractivity contribution is 0.0685. The van der Waals surface area contributed by atoms with Crippen LogP contribution in [0, 0.1) is 12.8 Å². The van der Waals surface area contributed by atoms with Crippen molar-refractivity contribution in [2.45, 2.75) is 52.1 Å². The molecule has 1 fully saturated rings. The smallest absolute Gasteiger partial charge is 0.267 e. The first-order chi connectivity index (χ1) is 28.9. The fourth-order valence-corrected chi connectivity index (χ4v) is 7.12. The number of aromatic amines is 1. The van der Waals surface area contributed by atoms with E-state index in [1.165, 1.54) is 0 Å². The van der Waals surface area contributed by atoms with Crippen LogP contribution < -0.4 is 15.4 Å². The first-order valence-electron chi connectivity index (χ1n) is 20.3. The number of hydrogen-bond donors (Lipinski definition) is 3. The molecule has 2 aromatic carbocycles. The van der Waals surface area contributed by atoms with E-state index in [1.54, 1.807) is 37.1 Å². The Kier molecular flexibility index (Phi) is 13.7. The Morgan fingerprint density at radius 1 is 0.797 bits per heavy atom. The van der Waals surface area contributed by atoms with Crippen LogP contribution in [0.5, 0.6) is 5.75 Å². The molecule has 0 bridgehead atoms. The summed E-state index contributed by atoms with van der Waals surface area (Å²) in [7, 11) is 0. The zero-order valence-electron chi connectivity index (χ0n) is 33.3. The second-order valence-corrected chi connectivity index (χ2v) is 14.9. The third-order valence-corrected chi connectivity index (χ3v) is 10.6. The van der Waals surface area contributed by atoms with Gasteiger partial charge in [-0.2, -0.15) is 0 Å². The molecule has 1 aliphatic heterocycles. The maximum Gasteiger partial charge on any atom is 0.267 e. The SMILES string of the molecule is Cc1ccc(C(=O)N2CCC(CCCCNC(=O)c3ccc4nccn4c3)CC2)cn1.O=C(NCCc1ccc(OCc2ccccc2)cc1)c1cc2cnccc2[nH]1. The second-order valence-electron chi connectivity index (χ2n) is 14.9. The largest absolute Gasteiger partial charge is 0.489 e. The van der Waals surface area contributed by atoms with Crippen molar-refractivity contribution in [2.75, 3.05) is 26.2 Å². The number of pyridine rings is 3. The molecule has 0 atom stereocenters. The van der Waals surface area contributed by atoms with Crippen molar-refractivity contribution < 1.29 is 19.1 Å². The van der Waals surface area contributed by atoms with Gasteiger partial charge in [-0.1, -0.05) is 55.3 Å². The minimum atomic E-state index is -0.112. The van der Waals surface area contributed by atoms with Gasteiger partial charge in [0.25, 0.3) is 17.7 Å². The summed E-state index contributed by atoms with van der Waals surface area (Å²) in [6.07, 6.45) is 16.5. The molecular weight excluding hydrogens is 741 g/mol. The van der Waals surface area contributed by atoms with Crippen LogP contribution >= 0.6 is 0 Å². The van der Waals surface area contributed by atoms with Gasteiger partial charge in [0.05, 0.1) is 11.1 Å². The van der Waals surface area contributed by atoms with E-state index in [1.807, 2.05) is 107 Å². The highest BCUT2D eigenvalue weighted by atomic mass is 16.5. The van der Waals surface area contributed by atoms with Crippen LogP contribution in [-0.2, 0) is 13.0 Å². The van der Waals surface area contributed by atoms with E-state index >= 15 is 0 Å². The number of amides is 3. The predicted octanol–water partition coefficient (Wildman–Crippen LogP) is 7.60. The number of hydrogen-bond acceptors (Lipinski definition) is 7. The molecule has 5 aromatic heterocycles. The molecule has 0 saturated carbocycles. The van der Waals surface area contributed by atoms with Gasteiger partial charge in [-0.15, -0.1) is 0 Å². The van der Waals surface area contributed by atoms with E-state index in [9.17, 15) is 14.4 Å². The van der Waals surface area contributed by atoms with Crippen molar-refractivity contribution in [1.29, 1.82) is 0 Å². The van der Waals surface area contributed by atoms with Crippen molar-refractivity contribution in [3.63, 3.8) is 0 Å². The number of carbonyl (C=O) groups is 3. The van der Waals surface area contributed by atoms with Gasteiger partial charge in [0.1, 0.15) is 23.7 Å². The van der Waals surface area contributed by atoms with Crippen LogP contribution in [0.25, 0.3) is 16.6 Å². The summed E-state index contributed by atoms with van der Waals surface area (Å²) in [5.41, 5.74) is 6.82. The number of nitrogens with zero attached hydrogens (tertiary/aromatic N) is 5. The van der Waals surface area contributed by atoms with Gasteiger partial charge in [0.2, 0.25) is 0 Å². The predicted molar refractivity (Wildman–Crippen MR) is 228 cm³/mol. The zero-order valence-corrected chi connectivity index (χ0v) is 33.3. The Bertz CT molecular complexity index is 2400. The number of carbonyl (C=O) groups excluding carboxylic acids is 3. The number of ether oxygens (including phenoxy) is 1. The number of nitrogens with one attached hydrogen (secondary N) is 3. The van der Waals surface area contributed by atoms with Crippen LogP contribution in [0.15, 0.2) is 128 Å². The first kappa shape index (κ1) is 40.4. The van der Waals surface area contributed by atoms with Crippen molar-refractivity contribution in [2.24, 2.45) is 5.92 Å². The lowest BCUT2D eigenvalue weighted by Gasteiger charge is -2.32. The monoisotopic (exact) mass is 790 g/mol. The summed E-state index contributed by atoms with van der Waals surface area (Å²) in [6.45, 7) is 5.34. The van der Waals surface area contributed by atoms with E-state index in [0.717, 1.165) is 90.7 Å². The Balaban J connectivity index is 0.000000180. The highest BCUT2D eigenvalue weighted by Crippen LogP contribution is 2.24. The minimum absolute atomic E-state index is 0.0481. The fourth-order valence-electron chi connectivity index (χ4n) is 7.12. The van der Waals surface area contributed by atoms with E-state index < -0.39 is 0 Å². The van der Waals surface area contributed by atoms with Crippen LogP contribution in [0.1, 0.15) is 80.1 Å². The highest BCUT2D eigenvalue weighted by molar-refractivity contribution is 5.98. The average molecular weight is 791 g/mol. The number of unbranched alkanes of at least 4 members (excludes halogenated alkanes) is 1. The molecule has 3 amide bonds. The van der Waals surface area contributed by atoms with Gasteiger partial charge in [-0.3, -0.25) is 24.4 Å². The van der Waals surface area contributed by atoms with Gasteiger partial charge >= 0.3 is 0 Å². The molecule has 0 radical (unpaired) electrons. The summed E-state index contributed by atoms with van der Waals surface area (Å²) in [4.78, 5) is 54.8. The van der Waals surface area contributed by atoms with E-state index in [0.29, 0.717) is 42.4 Å². The molecule has 3 N–H and O–H groups in total. The summed E-state index contributed by atoms with van der Waals surface area (Å²) in [5.74, 6) is 1.41. The van der Waals surface area contributed by atoms with Crippen LogP contribution in [-0.4, -0.2) is 73.1 Å². The molecule has 59 heavy (non-hydrogen) atoms. The Morgan fingerprint density at radius 2 is 1.59 bits per heavy atom. The van der Waals surface area contributed by atoms with Crippen LogP contribution in [0.2, 0.25) is 0 Å².